The number of nitrogens with zero attached hydrogens (tertiary/aromatic N) is 1. The number of nitrogens with one attached hydrogen (secondary N) is 1. The number of aromatic nitrogens is 1. The summed E-state index contributed by atoms with van der Waals surface area (Å²) in [5.41, 5.74) is -0.773. The molecule has 2 aromatic heterocycles. The van der Waals surface area contributed by atoms with Crippen LogP contribution in [-0.4, -0.2) is 13.0 Å². The summed E-state index contributed by atoms with van der Waals surface area (Å²) in [6.45, 7) is 0. The van der Waals surface area contributed by atoms with Gasteiger partial charge >= 0.3 is 6.18 Å². The van der Waals surface area contributed by atoms with Crippen LogP contribution in [0.4, 0.5) is 18.9 Å². The van der Waals surface area contributed by atoms with Gasteiger partial charge in [0.15, 0.2) is 0 Å². The van der Waals surface area contributed by atoms with E-state index >= 15 is 0 Å². The van der Waals surface area contributed by atoms with Gasteiger partial charge in [0.1, 0.15) is 4.21 Å². The minimum absolute atomic E-state index is 0.0263. The highest BCUT2D eigenvalue weighted by molar-refractivity contribution is 7.94. The Hall–Kier alpha value is -2.26. The summed E-state index contributed by atoms with van der Waals surface area (Å²) in [5, 5.41) is 1.58. The monoisotopic (exact) mass is 372 g/mol. The summed E-state index contributed by atoms with van der Waals surface area (Å²) in [6, 6.07) is 9.26. The number of rotatable bonds is 4. The molecule has 0 saturated heterocycles. The molecule has 126 valence electrons. The van der Waals surface area contributed by atoms with Crippen LogP contribution in [0.3, 0.4) is 0 Å². The molecule has 0 amide bonds. The Kier molecular flexibility index (Phi) is 4.14. The van der Waals surface area contributed by atoms with Gasteiger partial charge in [-0.2, -0.15) is 13.2 Å². The number of hydrogen-bond donors (Lipinski definition) is 1. The molecule has 0 aliphatic rings. The van der Waals surface area contributed by atoms with Crippen molar-refractivity contribution < 1.29 is 21.6 Å². The Labute approximate surface area is 140 Å². The third kappa shape index (κ3) is 3.31. The molecule has 0 aliphatic heterocycles. The van der Waals surface area contributed by atoms with Crippen LogP contribution < -0.4 is 4.72 Å². The molecule has 24 heavy (non-hydrogen) atoms. The highest BCUT2D eigenvalue weighted by Gasteiger charge is 2.31. The number of thiophene rings is 1. The van der Waals surface area contributed by atoms with Crippen molar-refractivity contribution in [1.29, 1.82) is 0 Å². The van der Waals surface area contributed by atoms with E-state index in [1.165, 1.54) is 16.7 Å². The second kappa shape index (κ2) is 5.99. The minimum atomic E-state index is -4.57. The first-order chi connectivity index (χ1) is 11.3. The molecule has 9 heteroatoms. The Morgan fingerprint density at radius 3 is 2.33 bits per heavy atom. The van der Waals surface area contributed by atoms with Crippen LogP contribution in [0.15, 0.2) is 64.4 Å². The van der Waals surface area contributed by atoms with Crippen LogP contribution in [-0.2, 0) is 16.2 Å². The maximum Gasteiger partial charge on any atom is 0.416 e. The van der Waals surface area contributed by atoms with Crippen molar-refractivity contribution in [2.45, 2.75) is 10.4 Å². The van der Waals surface area contributed by atoms with Crippen molar-refractivity contribution in [3.8, 4) is 5.69 Å². The predicted molar refractivity (Wildman–Crippen MR) is 85.9 cm³/mol. The van der Waals surface area contributed by atoms with Gasteiger partial charge in [-0.3, -0.25) is 4.72 Å². The van der Waals surface area contributed by atoms with Gasteiger partial charge in [-0.25, -0.2) is 8.42 Å². The standard InChI is InChI=1S/C15H11F3N2O2S2/c16-15(17,18)11-5-6-13(20-7-1-2-8-20)12(10-11)19-24(21,22)14-4-3-9-23-14/h1-10,19H. The molecule has 0 aliphatic carbocycles. The van der Waals surface area contributed by atoms with E-state index < -0.39 is 21.8 Å². The lowest BCUT2D eigenvalue weighted by Crippen LogP contribution is -2.15. The van der Waals surface area contributed by atoms with E-state index in [0.717, 1.165) is 23.5 Å². The quantitative estimate of drug-likeness (QED) is 0.740. The van der Waals surface area contributed by atoms with Crippen molar-refractivity contribution in [2.24, 2.45) is 0 Å². The predicted octanol–water partition coefficient (Wildman–Crippen LogP) is 4.36. The third-order valence-electron chi connectivity index (χ3n) is 3.21. The van der Waals surface area contributed by atoms with E-state index in [0.29, 0.717) is 5.69 Å². The second-order valence-electron chi connectivity index (χ2n) is 4.86. The zero-order chi connectivity index (χ0) is 17.4. The van der Waals surface area contributed by atoms with Crippen molar-refractivity contribution >= 4 is 27.0 Å². The number of anilines is 1. The van der Waals surface area contributed by atoms with Crippen LogP contribution in [0.25, 0.3) is 5.69 Å². The van der Waals surface area contributed by atoms with Crippen LogP contribution in [0.5, 0.6) is 0 Å². The number of sulfonamides is 1. The number of benzene rings is 1. The summed E-state index contributed by atoms with van der Waals surface area (Å²) in [6.07, 6.45) is -1.34. The van der Waals surface area contributed by atoms with Crippen LogP contribution >= 0.6 is 11.3 Å². The SMILES string of the molecule is O=S(=O)(Nc1cc(C(F)(F)F)ccc1-n1cccc1)c1cccs1. The van der Waals surface area contributed by atoms with Gasteiger partial charge in [-0.15, -0.1) is 11.3 Å². The second-order valence-corrected chi connectivity index (χ2v) is 7.71. The molecular weight excluding hydrogens is 361 g/mol. The summed E-state index contributed by atoms with van der Waals surface area (Å²) >= 11 is 0.983. The van der Waals surface area contributed by atoms with Crippen LogP contribution in [0.2, 0.25) is 0 Å². The molecule has 1 N–H and O–H groups in total. The molecule has 1 aromatic carbocycles. The van der Waals surface area contributed by atoms with E-state index in [1.807, 2.05) is 0 Å². The maximum atomic E-state index is 13.0. The molecule has 2 heterocycles. The zero-order valence-corrected chi connectivity index (χ0v) is 13.6. The summed E-state index contributed by atoms with van der Waals surface area (Å²) < 4.78 is 67.4. The lowest BCUT2D eigenvalue weighted by atomic mass is 10.1. The van der Waals surface area contributed by atoms with Crippen LogP contribution in [0.1, 0.15) is 5.56 Å². The number of halogens is 3. The molecule has 0 spiro atoms. The Bertz CT molecular complexity index is 932. The first-order valence-electron chi connectivity index (χ1n) is 6.68. The van der Waals surface area contributed by atoms with E-state index in [4.69, 9.17) is 0 Å². The van der Waals surface area contributed by atoms with Gasteiger partial charge in [0, 0.05) is 12.4 Å². The summed E-state index contributed by atoms with van der Waals surface area (Å²) in [5.74, 6) is 0. The lowest BCUT2D eigenvalue weighted by Gasteiger charge is -2.15. The number of hydrogen-bond acceptors (Lipinski definition) is 3. The molecule has 0 radical (unpaired) electrons. The average molecular weight is 372 g/mol. The summed E-state index contributed by atoms with van der Waals surface area (Å²) in [7, 11) is -3.96. The largest absolute Gasteiger partial charge is 0.416 e. The molecule has 0 saturated carbocycles. The first-order valence-corrected chi connectivity index (χ1v) is 9.04. The van der Waals surface area contributed by atoms with E-state index in [-0.39, 0.29) is 9.90 Å². The molecule has 3 rings (SSSR count). The third-order valence-corrected chi connectivity index (χ3v) is 5.97. The van der Waals surface area contributed by atoms with Gasteiger partial charge in [0.2, 0.25) is 0 Å². The van der Waals surface area contributed by atoms with Crippen molar-refractivity contribution in [3.63, 3.8) is 0 Å². The van der Waals surface area contributed by atoms with Gasteiger partial charge in [0.25, 0.3) is 10.0 Å². The van der Waals surface area contributed by atoms with Gasteiger partial charge < -0.3 is 4.57 Å². The van der Waals surface area contributed by atoms with E-state index in [1.54, 1.807) is 36.0 Å². The topological polar surface area (TPSA) is 51.1 Å². The molecule has 4 nitrogen and oxygen atoms in total. The lowest BCUT2D eigenvalue weighted by molar-refractivity contribution is -0.137. The van der Waals surface area contributed by atoms with E-state index in [9.17, 15) is 21.6 Å². The van der Waals surface area contributed by atoms with Crippen LogP contribution in [0, 0.1) is 0 Å². The molecule has 3 aromatic rings. The first kappa shape index (κ1) is 16.6. The normalized spacial score (nSPS) is 12.3. The van der Waals surface area contributed by atoms with Crippen molar-refractivity contribution in [3.05, 3.63) is 65.8 Å². The maximum absolute atomic E-state index is 13.0. The van der Waals surface area contributed by atoms with Crippen molar-refractivity contribution in [2.75, 3.05) is 4.72 Å². The van der Waals surface area contributed by atoms with Crippen molar-refractivity contribution in [1.82, 2.24) is 4.57 Å². The van der Waals surface area contributed by atoms with E-state index in [2.05, 4.69) is 4.72 Å². The smallest absolute Gasteiger partial charge is 0.322 e. The Balaban J connectivity index is 2.10. The molecular formula is C15H11F3N2O2S2. The zero-order valence-electron chi connectivity index (χ0n) is 12.0. The molecule has 0 bridgehead atoms. The Morgan fingerprint density at radius 2 is 1.75 bits per heavy atom. The van der Waals surface area contributed by atoms with Gasteiger partial charge in [0.05, 0.1) is 16.9 Å². The van der Waals surface area contributed by atoms with Gasteiger partial charge in [-0.1, -0.05) is 6.07 Å². The molecule has 0 atom stereocenters. The molecule has 0 unspecified atom stereocenters. The van der Waals surface area contributed by atoms with Gasteiger partial charge in [-0.05, 0) is 41.8 Å². The fourth-order valence-corrected chi connectivity index (χ4v) is 4.18. The minimum Gasteiger partial charge on any atom is -0.322 e. The average Bonchev–Trinajstić information content (AvgIpc) is 3.20. The summed E-state index contributed by atoms with van der Waals surface area (Å²) in [4.78, 5) is 0. The highest BCUT2D eigenvalue weighted by Crippen LogP contribution is 2.34. The fourth-order valence-electron chi connectivity index (χ4n) is 2.13. The highest BCUT2D eigenvalue weighted by atomic mass is 32.2. The molecule has 0 fully saturated rings. The fraction of sp³-hybridized carbons (Fsp3) is 0.0667. The number of alkyl halides is 3. The Morgan fingerprint density at radius 1 is 1.04 bits per heavy atom.